The summed E-state index contributed by atoms with van der Waals surface area (Å²) in [7, 11) is 0. The smallest absolute Gasteiger partial charge is 0.158 e. The zero-order chi connectivity index (χ0) is 10.1. The Morgan fingerprint density at radius 2 is 1.93 bits per heavy atom. The number of hydrogen-bond acceptors (Lipinski definition) is 4. The summed E-state index contributed by atoms with van der Waals surface area (Å²) in [4.78, 5) is 4.28. The minimum Gasteiger partial charge on any atom is -0.504 e. The fourth-order valence-electron chi connectivity index (χ4n) is 1.18. The van der Waals surface area contributed by atoms with Gasteiger partial charge in [-0.15, -0.1) is 23.7 Å². The molecule has 0 radical (unpaired) electrons. The Morgan fingerprint density at radius 1 is 1.20 bits per heavy atom. The van der Waals surface area contributed by atoms with Crippen molar-refractivity contribution in [2.45, 2.75) is 6.92 Å². The van der Waals surface area contributed by atoms with Crippen LogP contribution >= 0.6 is 23.7 Å². The summed E-state index contributed by atoms with van der Waals surface area (Å²) in [5.41, 5.74) is 1.63. The third-order valence-corrected chi connectivity index (χ3v) is 2.66. The molecule has 2 N–H and O–H groups in total. The Kier molecular flexibility index (Phi) is 3.55. The second kappa shape index (κ2) is 4.51. The maximum atomic E-state index is 9.29. The zero-order valence-corrected chi connectivity index (χ0v) is 9.60. The molecule has 0 saturated carbocycles. The monoisotopic (exact) mass is 243 g/mol. The predicted octanol–water partition coefficient (Wildman–Crippen LogP) is 2.95. The van der Waals surface area contributed by atoms with Crippen molar-refractivity contribution in [2.75, 3.05) is 0 Å². The molecule has 0 atom stereocenters. The van der Waals surface area contributed by atoms with Gasteiger partial charge in [-0.3, -0.25) is 0 Å². The summed E-state index contributed by atoms with van der Waals surface area (Å²) in [6.45, 7) is 1.93. The molecule has 0 fully saturated rings. The summed E-state index contributed by atoms with van der Waals surface area (Å²) in [5.74, 6) is -0.228. The van der Waals surface area contributed by atoms with Gasteiger partial charge in [0.1, 0.15) is 0 Å². The molecule has 3 nitrogen and oxygen atoms in total. The molecule has 15 heavy (non-hydrogen) atoms. The van der Waals surface area contributed by atoms with Crippen LogP contribution in [0.4, 0.5) is 0 Å². The summed E-state index contributed by atoms with van der Waals surface area (Å²) >= 11 is 1.55. The number of rotatable bonds is 1. The number of aryl methyl sites for hydroxylation is 1. The molecule has 0 aliphatic rings. The molecule has 80 valence electrons. The Balaban J connectivity index is 0.00000112. The van der Waals surface area contributed by atoms with E-state index in [9.17, 15) is 5.11 Å². The molecular formula is C10H10ClNO2S. The molecule has 0 bridgehead atoms. The molecule has 1 aromatic heterocycles. The molecular weight excluding hydrogens is 234 g/mol. The number of benzene rings is 1. The average Bonchev–Trinajstić information content (AvgIpc) is 2.57. The highest BCUT2D eigenvalue weighted by atomic mass is 35.5. The molecule has 2 rings (SSSR count). The number of hydrogen-bond donors (Lipinski definition) is 2. The number of thiazole rings is 1. The van der Waals surface area contributed by atoms with Gasteiger partial charge in [0, 0.05) is 10.9 Å². The normalized spacial score (nSPS) is 9.67. The third kappa shape index (κ3) is 2.40. The van der Waals surface area contributed by atoms with Gasteiger partial charge in [-0.25, -0.2) is 4.98 Å². The van der Waals surface area contributed by atoms with Gasteiger partial charge in [0.2, 0.25) is 0 Å². The third-order valence-electron chi connectivity index (χ3n) is 1.89. The van der Waals surface area contributed by atoms with Crippen molar-refractivity contribution in [2.24, 2.45) is 0 Å². The highest BCUT2D eigenvalue weighted by Crippen LogP contribution is 2.30. The molecule has 0 aliphatic heterocycles. The average molecular weight is 244 g/mol. The fourth-order valence-corrected chi connectivity index (χ4v) is 1.80. The number of nitrogens with zero attached hydrogens (tertiary/aromatic N) is 1. The molecule has 0 spiro atoms. The molecule has 0 unspecified atom stereocenters. The van der Waals surface area contributed by atoms with Crippen molar-refractivity contribution in [3.8, 4) is 22.8 Å². The van der Waals surface area contributed by atoms with E-state index in [4.69, 9.17) is 5.11 Å². The highest BCUT2D eigenvalue weighted by Gasteiger charge is 2.05. The van der Waals surface area contributed by atoms with E-state index in [0.717, 1.165) is 16.3 Å². The lowest BCUT2D eigenvalue weighted by molar-refractivity contribution is 0.404. The first kappa shape index (κ1) is 11.8. The maximum absolute atomic E-state index is 9.29. The molecule has 0 saturated heterocycles. The van der Waals surface area contributed by atoms with Gasteiger partial charge in [0.15, 0.2) is 11.5 Å². The van der Waals surface area contributed by atoms with Crippen LogP contribution in [-0.2, 0) is 0 Å². The first-order chi connectivity index (χ1) is 6.66. The minimum absolute atomic E-state index is 0. The first-order valence-corrected chi connectivity index (χ1v) is 4.99. The lowest BCUT2D eigenvalue weighted by atomic mass is 10.1. The Hall–Kier alpha value is -1.26. The van der Waals surface area contributed by atoms with Crippen LogP contribution in [0.5, 0.6) is 11.5 Å². The van der Waals surface area contributed by atoms with Gasteiger partial charge in [0.25, 0.3) is 0 Å². The van der Waals surface area contributed by atoms with Gasteiger partial charge in [-0.1, -0.05) is 0 Å². The lowest BCUT2D eigenvalue weighted by Gasteiger charge is -1.99. The summed E-state index contributed by atoms with van der Waals surface area (Å²) < 4.78 is 0. The van der Waals surface area contributed by atoms with E-state index in [-0.39, 0.29) is 23.9 Å². The van der Waals surface area contributed by atoms with E-state index in [1.54, 1.807) is 17.4 Å². The number of phenolic OH excluding ortho intramolecular Hbond substituents is 2. The molecule has 1 aromatic carbocycles. The number of aromatic hydroxyl groups is 2. The van der Waals surface area contributed by atoms with Crippen LogP contribution in [0.1, 0.15) is 5.01 Å². The second-order valence-electron chi connectivity index (χ2n) is 2.96. The minimum atomic E-state index is -0.117. The van der Waals surface area contributed by atoms with Crippen LogP contribution in [0, 0.1) is 6.92 Å². The van der Waals surface area contributed by atoms with Crippen LogP contribution < -0.4 is 0 Å². The maximum Gasteiger partial charge on any atom is 0.158 e. The van der Waals surface area contributed by atoms with Crippen molar-refractivity contribution in [3.05, 3.63) is 28.6 Å². The molecule has 0 aliphatic carbocycles. The van der Waals surface area contributed by atoms with E-state index in [1.165, 1.54) is 12.1 Å². The molecule has 2 aromatic rings. The Labute approximate surface area is 97.5 Å². The molecule has 0 amide bonds. The largest absolute Gasteiger partial charge is 0.504 e. The van der Waals surface area contributed by atoms with Gasteiger partial charge in [0.05, 0.1) is 10.7 Å². The summed E-state index contributed by atoms with van der Waals surface area (Å²) in [6, 6.07) is 4.69. The van der Waals surface area contributed by atoms with Crippen molar-refractivity contribution < 1.29 is 10.2 Å². The standard InChI is InChI=1S/C10H9NO2S.ClH/c1-6-11-8(5-14-6)7-2-3-9(12)10(13)4-7;/h2-5,12-13H,1H3;1H. The SMILES string of the molecule is Cc1nc(-c2ccc(O)c(O)c2)cs1.Cl. The van der Waals surface area contributed by atoms with Gasteiger partial charge in [-0.2, -0.15) is 0 Å². The van der Waals surface area contributed by atoms with Crippen molar-refractivity contribution in [3.63, 3.8) is 0 Å². The highest BCUT2D eigenvalue weighted by molar-refractivity contribution is 7.09. The number of phenols is 2. The van der Waals surface area contributed by atoms with E-state index >= 15 is 0 Å². The lowest BCUT2D eigenvalue weighted by Crippen LogP contribution is -1.78. The van der Waals surface area contributed by atoms with E-state index < -0.39 is 0 Å². The summed E-state index contributed by atoms with van der Waals surface area (Å²) in [5, 5.41) is 21.3. The van der Waals surface area contributed by atoms with Crippen LogP contribution in [0.2, 0.25) is 0 Å². The van der Waals surface area contributed by atoms with Crippen LogP contribution in [-0.4, -0.2) is 15.2 Å². The molecule has 5 heteroatoms. The second-order valence-corrected chi connectivity index (χ2v) is 4.02. The van der Waals surface area contributed by atoms with E-state index in [0.29, 0.717) is 0 Å². The van der Waals surface area contributed by atoms with Gasteiger partial charge >= 0.3 is 0 Å². The van der Waals surface area contributed by atoms with E-state index in [2.05, 4.69) is 4.98 Å². The Bertz CT molecular complexity index is 470. The first-order valence-electron chi connectivity index (χ1n) is 4.11. The summed E-state index contributed by atoms with van der Waals surface area (Å²) in [6.07, 6.45) is 0. The van der Waals surface area contributed by atoms with Crippen LogP contribution in [0.25, 0.3) is 11.3 Å². The van der Waals surface area contributed by atoms with Gasteiger partial charge in [-0.05, 0) is 25.1 Å². The van der Waals surface area contributed by atoms with Crippen molar-refractivity contribution >= 4 is 23.7 Å². The topological polar surface area (TPSA) is 53.4 Å². The molecule has 1 heterocycles. The fraction of sp³-hybridized carbons (Fsp3) is 0.100. The van der Waals surface area contributed by atoms with Crippen LogP contribution in [0.3, 0.4) is 0 Å². The van der Waals surface area contributed by atoms with Crippen molar-refractivity contribution in [1.82, 2.24) is 4.98 Å². The van der Waals surface area contributed by atoms with Gasteiger partial charge < -0.3 is 10.2 Å². The van der Waals surface area contributed by atoms with Crippen molar-refractivity contribution in [1.29, 1.82) is 0 Å². The van der Waals surface area contributed by atoms with E-state index in [1.807, 2.05) is 12.3 Å². The predicted molar refractivity (Wildman–Crippen MR) is 62.9 cm³/mol. The zero-order valence-electron chi connectivity index (χ0n) is 7.97. The number of halogens is 1. The Morgan fingerprint density at radius 3 is 2.47 bits per heavy atom. The number of aromatic nitrogens is 1. The quantitative estimate of drug-likeness (QED) is 0.758. The van der Waals surface area contributed by atoms with Crippen LogP contribution in [0.15, 0.2) is 23.6 Å².